The fraction of sp³-hybridized carbons (Fsp3) is 0.400. The number of carbonyl (C=O) groups is 2. The van der Waals surface area contributed by atoms with Crippen LogP contribution in [-0.4, -0.2) is 41.1 Å². The summed E-state index contributed by atoms with van der Waals surface area (Å²) in [5.41, 5.74) is 0.624. The van der Waals surface area contributed by atoms with Crippen molar-refractivity contribution in [3.8, 4) is 11.8 Å². The van der Waals surface area contributed by atoms with Crippen LogP contribution in [0.1, 0.15) is 36.3 Å². The van der Waals surface area contributed by atoms with Gasteiger partial charge in [0.05, 0.1) is 5.56 Å². The number of hydrogen-bond donors (Lipinski definition) is 3. The zero-order valence-corrected chi connectivity index (χ0v) is 12.1. The van der Waals surface area contributed by atoms with Gasteiger partial charge in [0.1, 0.15) is 12.3 Å². The normalized spacial score (nSPS) is 9.71. The van der Waals surface area contributed by atoms with E-state index in [4.69, 9.17) is 5.11 Å². The first-order chi connectivity index (χ1) is 10.0. The predicted octanol–water partition coefficient (Wildman–Crippen LogP) is 0.0699. The number of rotatable bonds is 5. The van der Waals surface area contributed by atoms with E-state index in [9.17, 15) is 9.59 Å². The van der Waals surface area contributed by atoms with E-state index in [1.807, 2.05) is 13.8 Å². The van der Waals surface area contributed by atoms with E-state index >= 15 is 0 Å². The molecule has 0 aliphatic rings. The maximum Gasteiger partial charge on any atom is 0.271 e. The molecule has 1 aromatic rings. The van der Waals surface area contributed by atoms with Gasteiger partial charge in [0.25, 0.3) is 5.91 Å². The van der Waals surface area contributed by atoms with E-state index < -0.39 is 5.91 Å². The zero-order chi connectivity index (χ0) is 15.7. The van der Waals surface area contributed by atoms with Crippen molar-refractivity contribution in [3.05, 3.63) is 29.6 Å². The van der Waals surface area contributed by atoms with E-state index in [0.717, 1.165) is 0 Å². The fourth-order valence-corrected chi connectivity index (χ4v) is 1.59. The summed E-state index contributed by atoms with van der Waals surface area (Å²) in [5.74, 6) is 4.63. The molecule has 0 saturated carbocycles. The number of pyridine rings is 1. The van der Waals surface area contributed by atoms with Crippen molar-refractivity contribution in [1.29, 1.82) is 0 Å². The van der Waals surface area contributed by atoms with Crippen LogP contribution in [-0.2, 0) is 4.79 Å². The molecule has 0 unspecified atom stereocenters. The molecular weight excluding hydrogens is 270 g/mol. The maximum absolute atomic E-state index is 12.0. The second kappa shape index (κ2) is 8.72. The summed E-state index contributed by atoms with van der Waals surface area (Å²) in [4.78, 5) is 27.4. The van der Waals surface area contributed by atoms with Gasteiger partial charge in [0.2, 0.25) is 5.91 Å². The molecule has 0 spiro atoms. The van der Waals surface area contributed by atoms with Crippen LogP contribution in [0.4, 0.5) is 0 Å². The van der Waals surface area contributed by atoms with Gasteiger partial charge in [-0.05, 0) is 26.0 Å². The van der Waals surface area contributed by atoms with Crippen LogP contribution in [0, 0.1) is 11.8 Å². The van der Waals surface area contributed by atoms with Crippen molar-refractivity contribution in [2.45, 2.75) is 26.3 Å². The second-order valence-electron chi connectivity index (χ2n) is 4.59. The molecule has 0 bridgehead atoms. The summed E-state index contributed by atoms with van der Waals surface area (Å²) in [6, 6.07) is 3.38. The Morgan fingerprint density at radius 3 is 2.86 bits per heavy atom. The highest BCUT2D eigenvalue weighted by molar-refractivity contribution is 5.94. The summed E-state index contributed by atoms with van der Waals surface area (Å²) in [6.07, 6.45) is 1.69. The van der Waals surface area contributed by atoms with Gasteiger partial charge < -0.3 is 15.7 Å². The van der Waals surface area contributed by atoms with Crippen molar-refractivity contribution in [1.82, 2.24) is 15.6 Å². The summed E-state index contributed by atoms with van der Waals surface area (Å²) in [6.45, 7) is 3.68. The fourth-order valence-electron chi connectivity index (χ4n) is 1.59. The molecule has 0 aliphatic carbocycles. The molecule has 0 saturated heterocycles. The van der Waals surface area contributed by atoms with E-state index in [0.29, 0.717) is 5.56 Å². The van der Waals surface area contributed by atoms with Gasteiger partial charge in [-0.2, -0.15) is 0 Å². The molecule has 6 nitrogen and oxygen atoms in total. The van der Waals surface area contributed by atoms with E-state index in [2.05, 4.69) is 27.5 Å². The molecule has 1 aromatic heterocycles. The SMILES string of the molecule is CC(C)NC(=O)CCNC(=O)c1ncccc1C#CCO. The molecule has 0 aromatic carbocycles. The topological polar surface area (TPSA) is 91.3 Å². The predicted molar refractivity (Wildman–Crippen MR) is 78.4 cm³/mol. The Morgan fingerprint density at radius 2 is 2.19 bits per heavy atom. The molecule has 112 valence electrons. The molecular formula is C15H19N3O3. The first-order valence-corrected chi connectivity index (χ1v) is 6.67. The maximum atomic E-state index is 12.0. The van der Waals surface area contributed by atoms with Gasteiger partial charge in [0, 0.05) is 25.2 Å². The Balaban J connectivity index is 2.58. The lowest BCUT2D eigenvalue weighted by Gasteiger charge is -2.09. The minimum atomic E-state index is -0.393. The van der Waals surface area contributed by atoms with Crippen LogP contribution in [0.25, 0.3) is 0 Å². The lowest BCUT2D eigenvalue weighted by molar-refractivity contribution is -0.121. The molecule has 0 fully saturated rings. The van der Waals surface area contributed by atoms with Crippen molar-refractivity contribution >= 4 is 11.8 Å². The molecule has 1 heterocycles. The summed E-state index contributed by atoms with van der Waals surface area (Å²) >= 11 is 0. The number of carbonyl (C=O) groups excluding carboxylic acids is 2. The Kier molecular flexibility index (Phi) is 6.92. The number of nitrogens with zero attached hydrogens (tertiary/aromatic N) is 1. The van der Waals surface area contributed by atoms with E-state index in [1.165, 1.54) is 6.20 Å². The van der Waals surface area contributed by atoms with Crippen LogP contribution >= 0.6 is 0 Å². The van der Waals surface area contributed by atoms with Crippen LogP contribution in [0.5, 0.6) is 0 Å². The minimum absolute atomic E-state index is 0.0735. The van der Waals surface area contributed by atoms with Crippen LogP contribution in [0.3, 0.4) is 0 Å². The molecule has 21 heavy (non-hydrogen) atoms. The standard InChI is InChI=1S/C15H19N3O3/c1-11(2)18-13(20)7-9-17-15(21)14-12(6-4-10-19)5-3-8-16-14/h3,5,8,11,19H,7,9-10H2,1-2H3,(H,17,21)(H,18,20). The van der Waals surface area contributed by atoms with Crippen LogP contribution < -0.4 is 10.6 Å². The summed E-state index contributed by atoms with van der Waals surface area (Å²) in [7, 11) is 0. The third kappa shape index (κ3) is 6.06. The second-order valence-corrected chi connectivity index (χ2v) is 4.59. The van der Waals surface area contributed by atoms with E-state index in [1.54, 1.807) is 12.1 Å². The van der Waals surface area contributed by atoms with E-state index in [-0.39, 0.29) is 37.2 Å². The third-order valence-corrected chi connectivity index (χ3v) is 2.41. The number of aromatic nitrogens is 1. The molecule has 1 rings (SSSR count). The first-order valence-electron chi connectivity index (χ1n) is 6.67. The van der Waals surface area contributed by atoms with Gasteiger partial charge >= 0.3 is 0 Å². The molecule has 0 atom stereocenters. The lowest BCUT2D eigenvalue weighted by atomic mass is 10.2. The summed E-state index contributed by atoms with van der Waals surface area (Å²) < 4.78 is 0. The lowest BCUT2D eigenvalue weighted by Crippen LogP contribution is -2.34. The quantitative estimate of drug-likeness (QED) is 0.669. The average molecular weight is 289 g/mol. The summed E-state index contributed by atoms with van der Waals surface area (Å²) in [5, 5.41) is 14.1. The van der Waals surface area contributed by atoms with Crippen molar-refractivity contribution in [2.24, 2.45) is 0 Å². The van der Waals surface area contributed by atoms with Crippen molar-refractivity contribution in [2.75, 3.05) is 13.2 Å². The minimum Gasteiger partial charge on any atom is -0.384 e. The highest BCUT2D eigenvalue weighted by atomic mass is 16.2. The molecule has 2 amide bonds. The van der Waals surface area contributed by atoms with Crippen molar-refractivity contribution in [3.63, 3.8) is 0 Å². The smallest absolute Gasteiger partial charge is 0.271 e. The monoisotopic (exact) mass is 289 g/mol. The largest absolute Gasteiger partial charge is 0.384 e. The molecule has 3 N–H and O–H groups in total. The van der Waals surface area contributed by atoms with Crippen molar-refractivity contribution < 1.29 is 14.7 Å². The zero-order valence-electron chi connectivity index (χ0n) is 12.1. The van der Waals surface area contributed by atoms with Gasteiger partial charge in [-0.3, -0.25) is 9.59 Å². The Bertz CT molecular complexity index is 559. The average Bonchev–Trinajstić information content (AvgIpc) is 2.44. The number of aliphatic hydroxyl groups excluding tert-OH is 1. The molecule has 0 aliphatic heterocycles. The van der Waals surface area contributed by atoms with Crippen LogP contribution in [0.2, 0.25) is 0 Å². The van der Waals surface area contributed by atoms with Gasteiger partial charge in [-0.25, -0.2) is 4.98 Å². The third-order valence-electron chi connectivity index (χ3n) is 2.41. The Labute approximate surface area is 124 Å². The highest BCUT2D eigenvalue weighted by Crippen LogP contribution is 2.03. The first kappa shape index (κ1) is 16.7. The molecule has 0 radical (unpaired) electrons. The number of aliphatic hydroxyl groups is 1. The number of amides is 2. The van der Waals surface area contributed by atoms with Gasteiger partial charge in [-0.1, -0.05) is 11.8 Å². The number of hydrogen-bond acceptors (Lipinski definition) is 4. The number of nitrogens with one attached hydrogen (secondary N) is 2. The van der Waals surface area contributed by atoms with Gasteiger partial charge in [-0.15, -0.1) is 0 Å². The van der Waals surface area contributed by atoms with Crippen LogP contribution in [0.15, 0.2) is 18.3 Å². The Hall–Kier alpha value is -2.39. The van der Waals surface area contributed by atoms with Gasteiger partial charge in [0.15, 0.2) is 0 Å². The Morgan fingerprint density at radius 1 is 1.43 bits per heavy atom. The highest BCUT2D eigenvalue weighted by Gasteiger charge is 2.11. The molecule has 6 heteroatoms.